The summed E-state index contributed by atoms with van der Waals surface area (Å²) in [4.78, 5) is 17.3. The highest BCUT2D eigenvalue weighted by Gasteiger charge is 2.20. The smallest absolute Gasteiger partial charge is 0.358 e. The van der Waals surface area contributed by atoms with E-state index < -0.39 is 5.97 Å². The van der Waals surface area contributed by atoms with Gasteiger partial charge in [-0.1, -0.05) is 11.6 Å². The second-order valence-corrected chi connectivity index (χ2v) is 6.39. The first-order valence-electron chi connectivity index (χ1n) is 4.11. The number of hydrogen-bond donors (Lipinski definition) is 0. The van der Waals surface area contributed by atoms with Gasteiger partial charge < -0.3 is 4.74 Å². The fraction of sp³-hybridized carbons (Fsp3) is 0.111. The van der Waals surface area contributed by atoms with E-state index in [2.05, 4.69) is 25.7 Å². The zero-order chi connectivity index (χ0) is 11.7. The van der Waals surface area contributed by atoms with Gasteiger partial charge in [0.25, 0.3) is 0 Å². The molecule has 0 fully saturated rings. The van der Waals surface area contributed by atoms with Gasteiger partial charge in [-0.15, -0.1) is 22.7 Å². The number of halogens is 2. The van der Waals surface area contributed by atoms with Crippen LogP contribution in [0.4, 0.5) is 0 Å². The minimum atomic E-state index is -0.443. The molecular formula is C9H5BrClNO2S2. The van der Waals surface area contributed by atoms with Crippen LogP contribution in [0.2, 0.25) is 5.02 Å². The topological polar surface area (TPSA) is 39.2 Å². The number of methoxy groups -OCH3 is 1. The van der Waals surface area contributed by atoms with E-state index in [1.54, 1.807) is 6.07 Å². The molecule has 2 aromatic heterocycles. The van der Waals surface area contributed by atoms with Crippen molar-refractivity contribution in [2.75, 3.05) is 7.11 Å². The summed E-state index contributed by atoms with van der Waals surface area (Å²) in [5, 5.41) is 2.46. The van der Waals surface area contributed by atoms with Crippen LogP contribution in [0.1, 0.15) is 10.5 Å². The summed E-state index contributed by atoms with van der Waals surface area (Å²) in [6.45, 7) is 0. The normalized spacial score (nSPS) is 10.4. The average molecular weight is 339 g/mol. The van der Waals surface area contributed by atoms with Crippen LogP contribution in [0.25, 0.3) is 9.75 Å². The number of aromatic nitrogens is 1. The Balaban J connectivity index is 2.52. The molecule has 0 saturated heterocycles. The number of rotatable bonds is 2. The number of ether oxygens (including phenoxy) is 1. The monoisotopic (exact) mass is 337 g/mol. The molecule has 0 aliphatic rings. The molecule has 0 atom stereocenters. The van der Waals surface area contributed by atoms with Crippen LogP contribution in [0.5, 0.6) is 0 Å². The minimum Gasteiger partial charge on any atom is -0.464 e. The number of nitrogens with zero attached hydrogens (tertiary/aromatic N) is 1. The highest BCUT2D eigenvalue weighted by molar-refractivity contribution is 9.11. The predicted octanol–water partition coefficient (Wildman–Crippen LogP) is 4.07. The highest BCUT2D eigenvalue weighted by atomic mass is 79.9. The molecule has 2 heterocycles. The Kier molecular flexibility index (Phi) is 3.63. The van der Waals surface area contributed by atoms with Gasteiger partial charge in [-0.2, -0.15) is 0 Å². The fourth-order valence-corrected chi connectivity index (χ4v) is 3.76. The Morgan fingerprint density at radius 1 is 1.62 bits per heavy atom. The summed E-state index contributed by atoms with van der Waals surface area (Å²) < 4.78 is 5.32. The Morgan fingerprint density at radius 2 is 2.38 bits per heavy atom. The van der Waals surface area contributed by atoms with Crippen molar-refractivity contribution in [3.8, 4) is 9.75 Å². The minimum absolute atomic E-state index is 0.317. The first-order chi connectivity index (χ1) is 7.61. The molecule has 0 aliphatic carbocycles. The summed E-state index contributed by atoms with van der Waals surface area (Å²) >= 11 is 12.0. The first kappa shape index (κ1) is 12.0. The SMILES string of the molecule is COC(=O)c1nc(Br)sc1-c1cc(Cl)cs1. The van der Waals surface area contributed by atoms with E-state index in [1.165, 1.54) is 29.8 Å². The Morgan fingerprint density at radius 3 is 2.94 bits per heavy atom. The van der Waals surface area contributed by atoms with Gasteiger partial charge in [-0.3, -0.25) is 0 Å². The van der Waals surface area contributed by atoms with Gasteiger partial charge in [0.2, 0.25) is 0 Å². The molecule has 0 bridgehead atoms. The van der Waals surface area contributed by atoms with Crippen LogP contribution in [-0.4, -0.2) is 18.1 Å². The third-order valence-electron chi connectivity index (χ3n) is 1.77. The molecule has 84 valence electrons. The summed E-state index contributed by atoms with van der Waals surface area (Å²) in [6.07, 6.45) is 0. The molecule has 0 amide bonds. The molecule has 0 aromatic carbocycles. The largest absolute Gasteiger partial charge is 0.464 e. The van der Waals surface area contributed by atoms with E-state index in [-0.39, 0.29) is 0 Å². The number of thiophene rings is 1. The van der Waals surface area contributed by atoms with Gasteiger partial charge in [0.05, 0.1) is 17.0 Å². The van der Waals surface area contributed by atoms with Gasteiger partial charge in [-0.25, -0.2) is 9.78 Å². The van der Waals surface area contributed by atoms with Crippen molar-refractivity contribution in [3.05, 3.63) is 26.1 Å². The molecule has 0 unspecified atom stereocenters. The number of thiazole rings is 1. The van der Waals surface area contributed by atoms with Crippen LogP contribution in [0.3, 0.4) is 0 Å². The van der Waals surface area contributed by atoms with E-state index in [9.17, 15) is 4.79 Å². The zero-order valence-corrected chi connectivity index (χ0v) is 12.0. The Bertz CT molecular complexity index is 537. The molecule has 0 aliphatic heterocycles. The third-order valence-corrected chi connectivity index (χ3v) is 4.74. The summed E-state index contributed by atoms with van der Waals surface area (Å²) in [5.41, 5.74) is 0.317. The van der Waals surface area contributed by atoms with E-state index in [4.69, 9.17) is 11.6 Å². The second kappa shape index (κ2) is 4.83. The molecule has 0 saturated carbocycles. The molecular weight excluding hydrogens is 334 g/mol. The number of carbonyl (C=O) groups is 1. The first-order valence-corrected chi connectivity index (χ1v) is 6.97. The van der Waals surface area contributed by atoms with Crippen molar-refractivity contribution in [1.82, 2.24) is 4.98 Å². The van der Waals surface area contributed by atoms with E-state index in [0.29, 0.717) is 14.6 Å². The summed E-state index contributed by atoms with van der Waals surface area (Å²) in [7, 11) is 1.33. The molecule has 0 radical (unpaired) electrons. The maximum atomic E-state index is 11.5. The lowest BCUT2D eigenvalue weighted by Crippen LogP contribution is -2.02. The van der Waals surface area contributed by atoms with Crippen LogP contribution in [0, 0.1) is 0 Å². The van der Waals surface area contributed by atoms with Crippen molar-refractivity contribution < 1.29 is 9.53 Å². The summed E-state index contributed by atoms with van der Waals surface area (Å²) in [6, 6.07) is 1.80. The Hall–Kier alpha value is -0.430. The standard InChI is InChI=1S/C9H5BrClNO2S2/c1-14-8(13)6-7(16-9(10)12-6)5-2-4(11)3-15-5/h2-3H,1H3. The second-order valence-electron chi connectivity index (χ2n) is 2.77. The lowest BCUT2D eigenvalue weighted by Gasteiger charge is -1.96. The van der Waals surface area contributed by atoms with E-state index in [0.717, 1.165) is 9.75 Å². The lowest BCUT2D eigenvalue weighted by molar-refractivity contribution is 0.0595. The molecule has 0 N–H and O–H groups in total. The van der Waals surface area contributed by atoms with Crippen molar-refractivity contribution >= 4 is 56.2 Å². The highest BCUT2D eigenvalue weighted by Crippen LogP contribution is 2.38. The van der Waals surface area contributed by atoms with Crippen LogP contribution < -0.4 is 0 Å². The molecule has 2 rings (SSSR count). The average Bonchev–Trinajstić information content (AvgIpc) is 2.83. The maximum Gasteiger partial charge on any atom is 0.358 e. The molecule has 16 heavy (non-hydrogen) atoms. The molecule has 2 aromatic rings. The number of carbonyl (C=O) groups excluding carboxylic acids is 1. The van der Waals surface area contributed by atoms with Gasteiger partial charge in [-0.05, 0) is 22.0 Å². The fourth-order valence-electron chi connectivity index (χ4n) is 1.13. The van der Waals surface area contributed by atoms with E-state index >= 15 is 0 Å². The maximum absolute atomic E-state index is 11.5. The van der Waals surface area contributed by atoms with Crippen molar-refractivity contribution in [3.63, 3.8) is 0 Å². The molecule has 0 spiro atoms. The molecule has 3 nitrogen and oxygen atoms in total. The van der Waals surface area contributed by atoms with Crippen LogP contribution in [0.15, 0.2) is 15.4 Å². The van der Waals surface area contributed by atoms with Crippen molar-refractivity contribution in [2.24, 2.45) is 0 Å². The van der Waals surface area contributed by atoms with E-state index in [1.807, 2.05) is 5.38 Å². The van der Waals surface area contributed by atoms with Gasteiger partial charge >= 0.3 is 5.97 Å². The van der Waals surface area contributed by atoms with Gasteiger partial charge in [0.1, 0.15) is 0 Å². The van der Waals surface area contributed by atoms with Gasteiger partial charge in [0.15, 0.2) is 9.61 Å². The number of esters is 1. The molecule has 7 heteroatoms. The lowest BCUT2D eigenvalue weighted by atomic mass is 10.3. The third kappa shape index (κ3) is 2.29. The van der Waals surface area contributed by atoms with Crippen molar-refractivity contribution in [1.29, 1.82) is 0 Å². The Labute approximate surface area is 113 Å². The van der Waals surface area contributed by atoms with Crippen LogP contribution >= 0.6 is 50.2 Å². The summed E-state index contributed by atoms with van der Waals surface area (Å²) in [5.74, 6) is -0.443. The van der Waals surface area contributed by atoms with Crippen molar-refractivity contribution in [2.45, 2.75) is 0 Å². The predicted molar refractivity (Wildman–Crippen MR) is 69.5 cm³/mol. The quantitative estimate of drug-likeness (QED) is 0.775. The van der Waals surface area contributed by atoms with Crippen LogP contribution in [-0.2, 0) is 4.74 Å². The zero-order valence-electron chi connectivity index (χ0n) is 7.99. The number of hydrogen-bond acceptors (Lipinski definition) is 5. The van der Waals surface area contributed by atoms with Gasteiger partial charge in [0, 0.05) is 10.3 Å².